The van der Waals surface area contributed by atoms with Gasteiger partial charge in [0.25, 0.3) is 0 Å². The number of hydrogen-bond donors (Lipinski definition) is 2. The Balaban J connectivity index is 2.18. The standard InChI is InChI=1S/C12H18N2O/c1-9-4-5-10(7-12(9)13)14-6-2-3-11(15)8-14/h4-5,7,11,15H,2-3,6,8,13H2,1H3. The predicted molar refractivity (Wildman–Crippen MR) is 63.0 cm³/mol. The smallest absolute Gasteiger partial charge is 0.0715 e. The Labute approximate surface area is 90.5 Å². The van der Waals surface area contributed by atoms with Gasteiger partial charge in [0.1, 0.15) is 0 Å². The lowest BCUT2D eigenvalue weighted by Crippen LogP contribution is -2.38. The maximum absolute atomic E-state index is 9.59. The summed E-state index contributed by atoms with van der Waals surface area (Å²) in [4.78, 5) is 2.20. The molecule has 0 aliphatic carbocycles. The van der Waals surface area contributed by atoms with Crippen molar-refractivity contribution in [1.29, 1.82) is 0 Å². The Morgan fingerprint density at radius 3 is 2.93 bits per heavy atom. The highest BCUT2D eigenvalue weighted by atomic mass is 16.3. The molecule has 82 valence electrons. The molecule has 0 aromatic heterocycles. The van der Waals surface area contributed by atoms with Crippen molar-refractivity contribution < 1.29 is 5.11 Å². The number of aliphatic hydroxyl groups excluding tert-OH is 1. The third kappa shape index (κ3) is 2.23. The number of piperidine rings is 1. The third-order valence-electron chi connectivity index (χ3n) is 3.02. The van der Waals surface area contributed by atoms with Gasteiger partial charge in [-0.05, 0) is 37.5 Å². The van der Waals surface area contributed by atoms with E-state index >= 15 is 0 Å². The average molecular weight is 206 g/mol. The van der Waals surface area contributed by atoms with Crippen molar-refractivity contribution in [1.82, 2.24) is 0 Å². The van der Waals surface area contributed by atoms with Crippen LogP contribution in [0.2, 0.25) is 0 Å². The number of anilines is 2. The van der Waals surface area contributed by atoms with Gasteiger partial charge in [-0.2, -0.15) is 0 Å². The van der Waals surface area contributed by atoms with Crippen LogP contribution in [0.15, 0.2) is 18.2 Å². The monoisotopic (exact) mass is 206 g/mol. The molecule has 1 fully saturated rings. The molecule has 1 unspecified atom stereocenters. The zero-order chi connectivity index (χ0) is 10.8. The SMILES string of the molecule is Cc1ccc(N2CCCC(O)C2)cc1N. The summed E-state index contributed by atoms with van der Waals surface area (Å²) in [5.74, 6) is 0. The van der Waals surface area contributed by atoms with Crippen LogP contribution in [0.3, 0.4) is 0 Å². The van der Waals surface area contributed by atoms with Crippen LogP contribution < -0.4 is 10.6 Å². The Kier molecular flexibility index (Phi) is 2.82. The lowest BCUT2D eigenvalue weighted by atomic mass is 10.1. The second-order valence-electron chi connectivity index (χ2n) is 4.28. The summed E-state index contributed by atoms with van der Waals surface area (Å²) in [7, 11) is 0. The summed E-state index contributed by atoms with van der Waals surface area (Å²) in [6.45, 7) is 3.74. The first-order valence-corrected chi connectivity index (χ1v) is 5.46. The maximum Gasteiger partial charge on any atom is 0.0715 e. The first-order valence-electron chi connectivity index (χ1n) is 5.46. The van der Waals surface area contributed by atoms with E-state index in [0.717, 1.165) is 42.9 Å². The van der Waals surface area contributed by atoms with Gasteiger partial charge in [-0.1, -0.05) is 6.07 Å². The molecule has 3 nitrogen and oxygen atoms in total. The number of hydrogen-bond acceptors (Lipinski definition) is 3. The van der Waals surface area contributed by atoms with E-state index in [4.69, 9.17) is 5.73 Å². The molecule has 0 saturated carbocycles. The summed E-state index contributed by atoms with van der Waals surface area (Å²) in [6.07, 6.45) is 1.77. The van der Waals surface area contributed by atoms with Gasteiger partial charge in [0.15, 0.2) is 0 Å². The fourth-order valence-electron chi connectivity index (χ4n) is 2.01. The minimum absolute atomic E-state index is 0.193. The lowest BCUT2D eigenvalue weighted by Gasteiger charge is -2.32. The molecule has 1 heterocycles. The fourth-order valence-corrected chi connectivity index (χ4v) is 2.01. The molecule has 3 N–H and O–H groups in total. The predicted octanol–water partition coefficient (Wildman–Crippen LogP) is 1.54. The van der Waals surface area contributed by atoms with E-state index in [1.54, 1.807) is 0 Å². The number of β-amino-alcohol motifs (C(OH)–C–C–N with tert-alkyl or cyclic N) is 1. The van der Waals surface area contributed by atoms with E-state index < -0.39 is 0 Å². The highest BCUT2D eigenvalue weighted by Gasteiger charge is 2.17. The quantitative estimate of drug-likeness (QED) is 0.685. The number of nitrogens with two attached hydrogens (primary N) is 1. The largest absolute Gasteiger partial charge is 0.398 e. The van der Waals surface area contributed by atoms with Gasteiger partial charge in [-0.25, -0.2) is 0 Å². The van der Waals surface area contributed by atoms with Crippen LogP contribution in [-0.4, -0.2) is 24.3 Å². The van der Waals surface area contributed by atoms with Crippen LogP contribution >= 0.6 is 0 Å². The van der Waals surface area contributed by atoms with E-state index in [-0.39, 0.29) is 6.10 Å². The molecule has 3 heteroatoms. The normalized spacial score (nSPS) is 21.7. The topological polar surface area (TPSA) is 49.5 Å². The van der Waals surface area contributed by atoms with Crippen molar-refractivity contribution in [3.8, 4) is 0 Å². The first-order chi connectivity index (χ1) is 7.16. The zero-order valence-electron chi connectivity index (χ0n) is 9.11. The van der Waals surface area contributed by atoms with Gasteiger partial charge in [0, 0.05) is 24.5 Å². The summed E-state index contributed by atoms with van der Waals surface area (Å²) in [6, 6.07) is 6.10. The van der Waals surface area contributed by atoms with Gasteiger partial charge in [-0.3, -0.25) is 0 Å². The number of aliphatic hydroxyl groups is 1. The van der Waals surface area contributed by atoms with Gasteiger partial charge in [0.05, 0.1) is 6.10 Å². The lowest BCUT2D eigenvalue weighted by molar-refractivity contribution is 0.154. The molecule has 1 saturated heterocycles. The average Bonchev–Trinajstić information content (AvgIpc) is 2.22. The van der Waals surface area contributed by atoms with Crippen LogP contribution in [0.1, 0.15) is 18.4 Å². The molecule has 0 spiro atoms. The first kappa shape index (κ1) is 10.3. The summed E-state index contributed by atoms with van der Waals surface area (Å²) >= 11 is 0. The van der Waals surface area contributed by atoms with Crippen LogP contribution in [-0.2, 0) is 0 Å². The Morgan fingerprint density at radius 1 is 1.47 bits per heavy atom. The Morgan fingerprint density at radius 2 is 2.27 bits per heavy atom. The molecule has 1 atom stereocenters. The molecule has 0 radical (unpaired) electrons. The van der Waals surface area contributed by atoms with E-state index in [1.165, 1.54) is 0 Å². The number of benzene rings is 1. The molecular weight excluding hydrogens is 188 g/mol. The van der Waals surface area contributed by atoms with E-state index in [1.807, 2.05) is 19.1 Å². The van der Waals surface area contributed by atoms with E-state index in [2.05, 4.69) is 11.0 Å². The third-order valence-corrected chi connectivity index (χ3v) is 3.02. The summed E-state index contributed by atoms with van der Waals surface area (Å²) < 4.78 is 0. The zero-order valence-corrected chi connectivity index (χ0v) is 9.11. The fraction of sp³-hybridized carbons (Fsp3) is 0.500. The number of nitrogen functional groups attached to an aromatic ring is 1. The van der Waals surface area contributed by atoms with Gasteiger partial charge in [-0.15, -0.1) is 0 Å². The molecule has 1 aliphatic heterocycles. The van der Waals surface area contributed by atoms with Crippen LogP contribution in [0.25, 0.3) is 0 Å². The highest BCUT2D eigenvalue weighted by Crippen LogP contribution is 2.23. The molecular formula is C12H18N2O. The van der Waals surface area contributed by atoms with E-state index in [0.29, 0.717) is 0 Å². The van der Waals surface area contributed by atoms with Crippen LogP contribution in [0, 0.1) is 6.92 Å². The maximum atomic E-state index is 9.59. The van der Waals surface area contributed by atoms with Crippen molar-refractivity contribution in [2.24, 2.45) is 0 Å². The number of aryl methyl sites for hydroxylation is 1. The minimum Gasteiger partial charge on any atom is -0.398 e. The van der Waals surface area contributed by atoms with E-state index in [9.17, 15) is 5.11 Å². The molecule has 1 aromatic carbocycles. The van der Waals surface area contributed by atoms with Crippen LogP contribution in [0.4, 0.5) is 11.4 Å². The van der Waals surface area contributed by atoms with Crippen molar-refractivity contribution in [3.05, 3.63) is 23.8 Å². The molecule has 0 amide bonds. The van der Waals surface area contributed by atoms with Crippen molar-refractivity contribution >= 4 is 11.4 Å². The highest BCUT2D eigenvalue weighted by molar-refractivity contribution is 5.59. The molecule has 15 heavy (non-hydrogen) atoms. The summed E-state index contributed by atoms with van der Waals surface area (Å²) in [5, 5.41) is 9.59. The summed E-state index contributed by atoms with van der Waals surface area (Å²) in [5.41, 5.74) is 8.93. The van der Waals surface area contributed by atoms with Crippen LogP contribution in [0.5, 0.6) is 0 Å². The number of nitrogens with zero attached hydrogens (tertiary/aromatic N) is 1. The van der Waals surface area contributed by atoms with Crippen molar-refractivity contribution in [3.63, 3.8) is 0 Å². The van der Waals surface area contributed by atoms with Gasteiger partial charge < -0.3 is 15.7 Å². The molecule has 0 bridgehead atoms. The van der Waals surface area contributed by atoms with Crippen molar-refractivity contribution in [2.45, 2.75) is 25.9 Å². The second-order valence-corrected chi connectivity index (χ2v) is 4.28. The minimum atomic E-state index is -0.193. The molecule has 1 aliphatic rings. The number of rotatable bonds is 1. The van der Waals surface area contributed by atoms with Gasteiger partial charge in [0.2, 0.25) is 0 Å². The van der Waals surface area contributed by atoms with Crippen molar-refractivity contribution in [2.75, 3.05) is 23.7 Å². The molecule has 2 rings (SSSR count). The second kappa shape index (κ2) is 4.11. The van der Waals surface area contributed by atoms with Gasteiger partial charge >= 0.3 is 0 Å². The molecule has 1 aromatic rings. The Hall–Kier alpha value is -1.22. The Bertz CT molecular complexity index is 351.